The third-order valence-electron chi connectivity index (χ3n) is 5.22. The van der Waals surface area contributed by atoms with E-state index >= 15 is 0 Å². The molecule has 0 spiro atoms. The number of hydrogen-bond acceptors (Lipinski definition) is 7. The minimum Gasteiger partial charge on any atom is -0.462 e. The van der Waals surface area contributed by atoms with Gasteiger partial charge in [-0.25, -0.2) is 14.8 Å². The van der Waals surface area contributed by atoms with Crippen LogP contribution in [0.25, 0.3) is 11.1 Å². The largest absolute Gasteiger partial charge is 0.462 e. The van der Waals surface area contributed by atoms with Crippen molar-refractivity contribution in [3.63, 3.8) is 0 Å². The van der Waals surface area contributed by atoms with E-state index < -0.39 is 5.97 Å². The fourth-order valence-corrected chi connectivity index (χ4v) is 3.56. The molecule has 172 valence electrons. The molecule has 0 fully saturated rings. The number of benzene rings is 2. The second-order valence-corrected chi connectivity index (χ2v) is 7.48. The van der Waals surface area contributed by atoms with E-state index in [1.165, 1.54) is 12.5 Å². The zero-order chi connectivity index (χ0) is 23.6. The summed E-state index contributed by atoms with van der Waals surface area (Å²) < 4.78 is 5.19. The van der Waals surface area contributed by atoms with Crippen LogP contribution in [0.5, 0.6) is 0 Å². The topological polar surface area (TPSA) is 114 Å². The van der Waals surface area contributed by atoms with Crippen LogP contribution in [0.1, 0.15) is 48.2 Å². The van der Waals surface area contributed by atoms with Gasteiger partial charge in [0, 0.05) is 24.8 Å². The highest BCUT2D eigenvalue weighted by Crippen LogP contribution is 2.26. The number of nitrogens with two attached hydrogens (primary N) is 1. The molecule has 0 aliphatic rings. The Hall–Kier alpha value is -3.94. The van der Waals surface area contributed by atoms with Crippen LogP contribution in [0.4, 0.5) is 5.82 Å². The molecule has 0 aliphatic heterocycles. The van der Waals surface area contributed by atoms with Gasteiger partial charge in [0.1, 0.15) is 17.7 Å². The van der Waals surface area contributed by atoms with Crippen LogP contribution in [-0.2, 0) is 11.3 Å². The van der Waals surface area contributed by atoms with Crippen molar-refractivity contribution in [1.29, 1.82) is 0 Å². The summed E-state index contributed by atoms with van der Waals surface area (Å²) in [7, 11) is 0. The van der Waals surface area contributed by atoms with Gasteiger partial charge in [-0.05, 0) is 30.0 Å². The van der Waals surface area contributed by atoms with Crippen molar-refractivity contribution in [2.24, 2.45) is 10.9 Å². The Labute approximate surface area is 193 Å². The summed E-state index contributed by atoms with van der Waals surface area (Å²) in [6.45, 7) is 5.50. The second kappa shape index (κ2) is 11.6. The van der Waals surface area contributed by atoms with E-state index in [4.69, 9.17) is 15.7 Å². The maximum absolute atomic E-state index is 12.4. The number of unbranched alkanes of at least 4 members (excludes halogenated alkanes) is 1. The molecule has 1 aromatic heterocycles. The molecule has 0 unspecified atom stereocenters. The molecule has 3 rings (SSSR count). The van der Waals surface area contributed by atoms with E-state index in [2.05, 4.69) is 26.9 Å². The van der Waals surface area contributed by atoms with Crippen LogP contribution in [0.3, 0.4) is 0 Å². The van der Waals surface area contributed by atoms with Gasteiger partial charge >= 0.3 is 5.97 Å². The molecule has 0 radical (unpaired) electrons. The van der Waals surface area contributed by atoms with E-state index in [0.29, 0.717) is 23.5 Å². The smallest absolute Gasteiger partial charge is 0.343 e. The predicted octanol–water partition coefficient (Wildman–Crippen LogP) is 4.22. The molecular weight excluding hydrogens is 418 g/mol. The van der Waals surface area contributed by atoms with Crippen LogP contribution >= 0.6 is 0 Å². The molecule has 0 amide bonds. The van der Waals surface area contributed by atoms with Crippen molar-refractivity contribution < 1.29 is 14.7 Å². The van der Waals surface area contributed by atoms with Crippen molar-refractivity contribution in [3.05, 3.63) is 77.7 Å². The Morgan fingerprint density at radius 2 is 1.88 bits per heavy atom. The molecule has 1 heterocycles. The van der Waals surface area contributed by atoms with Crippen LogP contribution < -0.4 is 10.6 Å². The molecule has 2 aromatic carbocycles. The normalized spacial score (nSPS) is 11.3. The van der Waals surface area contributed by atoms with Crippen LogP contribution in [0.2, 0.25) is 0 Å². The number of nitrogens with zero attached hydrogens (tertiary/aromatic N) is 4. The molecular formula is C25H29N5O3. The first kappa shape index (κ1) is 23.7. The average molecular weight is 448 g/mol. The van der Waals surface area contributed by atoms with Gasteiger partial charge in [-0.3, -0.25) is 0 Å². The fraction of sp³-hybridized carbons (Fsp3) is 0.280. The first-order valence-corrected chi connectivity index (χ1v) is 11.0. The molecule has 0 saturated heterocycles. The van der Waals surface area contributed by atoms with Crippen molar-refractivity contribution in [1.82, 2.24) is 9.97 Å². The predicted molar refractivity (Wildman–Crippen MR) is 128 cm³/mol. The van der Waals surface area contributed by atoms with Crippen LogP contribution in [0, 0.1) is 0 Å². The second-order valence-electron chi connectivity index (χ2n) is 7.48. The van der Waals surface area contributed by atoms with Gasteiger partial charge in [0.15, 0.2) is 5.84 Å². The standard InChI is InChI=1S/C25H29N5O3/c1-3-5-14-30(24-22(15-27-17-28-24)25(31)33-4-2)16-18-10-12-19(13-11-18)20-8-6-7-9-21(20)23(26)29-32/h6-13,15,17,32H,3-5,14,16H2,1-2H3,(H2,26,29). The van der Waals surface area contributed by atoms with Gasteiger partial charge in [-0.15, -0.1) is 0 Å². The van der Waals surface area contributed by atoms with E-state index in [9.17, 15) is 4.79 Å². The van der Waals surface area contributed by atoms with Gasteiger partial charge in [-0.2, -0.15) is 0 Å². The molecule has 8 heteroatoms. The number of carbonyl (C=O) groups excluding carboxylic acids is 1. The highest BCUT2D eigenvalue weighted by molar-refractivity contribution is 6.03. The lowest BCUT2D eigenvalue weighted by Crippen LogP contribution is -2.27. The summed E-state index contributed by atoms with van der Waals surface area (Å²) in [6.07, 6.45) is 4.92. The molecule has 8 nitrogen and oxygen atoms in total. The number of oxime groups is 1. The molecule has 3 N–H and O–H groups in total. The SMILES string of the molecule is CCCCN(Cc1ccc(-c2ccccc2/C(N)=N\O)cc1)c1ncncc1C(=O)OCC. The zero-order valence-corrected chi connectivity index (χ0v) is 18.9. The minimum absolute atomic E-state index is 0.0654. The molecule has 33 heavy (non-hydrogen) atoms. The summed E-state index contributed by atoms with van der Waals surface area (Å²) in [6, 6.07) is 15.6. The Morgan fingerprint density at radius 1 is 1.12 bits per heavy atom. The van der Waals surface area contributed by atoms with Crippen molar-refractivity contribution in [2.75, 3.05) is 18.1 Å². The average Bonchev–Trinajstić information content (AvgIpc) is 2.86. The molecule has 3 aromatic rings. The van der Waals surface area contributed by atoms with E-state index in [0.717, 1.165) is 36.1 Å². The highest BCUT2D eigenvalue weighted by Gasteiger charge is 2.20. The minimum atomic E-state index is -0.426. The summed E-state index contributed by atoms with van der Waals surface area (Å²) in [4.78, 5) is 22.9. The lowest BCUT2D eigenvalue weighted by atomic mass is 9.98. The summed E-state index contributed by atoms with van der Waals surface area (Å²) in [5, 5.41) is 12.2. The number of aromatic nitrogens is 2. The Bertz CT molecular complexity index is 1100. The Balaban J connectivity index is 1.89. The van der Waals surface area contributed by atoms with Gasteiger partial charge in [0.05, 0.1) is 6.61 Å². The third-order valence-corrected chi connectivity index (χ3v) is 5.22. The van der Waals surface area contributed by atoms with E-state index in [1.807, 2.05) is 48.5 Å². The van der Waals surface area contributed by atoms with Gasteiger partial charge in [-0.1, -0.05) is 67.0 Å². The first-order valence-electron chi connectivity index (χ1n) is 11.0. The lowest BCUT2D eigenvalue weighted by Gasteiger charge is -2.25. The number of hydrogen-bond donors (Lipinski definition) is 2. The van der Waals surface area contributed by atoms with Crippen molar-refractivity contribution >= 4 is 17.6 Å². The number of carbonyl (C=O) groups is 1. The van der Waals surface area contributed by atoms with Gasteiger partial charge in [0.2, 0.25) is 0 Å². The number of esters is 1. The monoisotopic (exact) mass is 447 g/mol. The molecule has 0 bridgehead atoms. The Kier molecular flexibility index (Phi) is 8.35. The van der Waals surface area contributed by atoms with Crippen LogP contribution in [-0.4, -0.2) is 40.1 Å². The van der Waals surface area contributed by atoms with Crippen LogP contribution in [0.15, 0.2) is 66.2 Å². The Morgan fingerprint density at radius 3 is 2.58 bits per heavy atom. The van der Waals surface area contributed by atoms with Gasteiger partial charge < -0.3 is 20.6 Å². The number of amidine groups is 1. The zero-order valence-electron chi connectivity index (χ0n) is 18.9. The van der Waals surface area contributed by atoms with Crippen molar-refractivity contribution in [2.45, 2.75) is 33.2 Å². The summed E-state index contributed by atoms with van der Waals surface area (Å²) >= 11 is 0. The van der Waals surface area contributed by atoms with Crippen molar-refractivity contribution in [3.8, 4) is 11.1 Å². The molecule has 0 saturated carbocycles. The number of anilines is 1. The fourth-order valence-electron chi connectivity index (χ4n) is 3.56. The number of rotatable bonds is 10. The van der Waals surface area contributed by atoms with E-state index in [-0.39, 0.29) is 12.4 Å². The maximum Gasteiger partial charge on any atom is 0.343 e. The summed E-state index contributed by atoms with van der Waals surface area (Å²) in [5.41, 5.74) is 9.76. The first-order chi connectivity index (χ1) is 16.1. The number of ether oxygens (including phenoxy) is 1. The summed E-state index contributed by atoms with van der Waals surface area (Å²) in [5.74, 6) is 0.207. The quantitative estimate of drug-likeness (QED) is 0.157. The van der Waals surface area contributed by atoms with E-state index in [1.54, 1.807) is 6.92 Å². The molecule has 0 atom stereocenters. The lowest BCUT2D eigenvalue weighted by molar-refractivity contribution is 0.0526. The highest BCUT2D eigenvalue weighted by atomic mass is 16.5. The maximum atomic E-state index is 12.4. The third kappa shape index (κ3) is 5.85. The van der Waals surface area contributed by atoms with Gasteiger partial charge in [0.25, 0.3) is 0 Å². The molecule has 0 aliphatic carbocycles.